The Morgan fingerprint density at radius 1 is 1.22 bits per heavy atom. The van der Waals surface area contributed by atoms with E-state index in [1.807, 2.05) is 31.2 Å². The lowest BCUT2D eigenvalue weighted by Crippen LogP contribution is -2.24. The lowest BCUT2D eigenvalue weighted by Gasteiger charge is -2.09. The van der Waals surface area contributed by atoms with Gasteiger partial charge in [0.2, 0.25) is 6.79 Å². The molecule has 1 amide bonds. The molecule has 0 saturated heterocycles. The van der Waals surface area contributed by atoms with Gasteiger partial charge >= 0.3 is 0 Å². The van der Waals surface area contributed by atoms with Gasteiger partial charge in [0, 0.05) is 25.0 Å². The zero-order valence-corrected chi connectivity index (χ0v) is 13.0. The minimum Gasteiger partial charge on any atom is -0.454 e. The Bertz CT molecular complexity index is 703. The van der Waals surface area contributed by atoms with Crippen LogP contribution in [-0.4, -0.2) is 24.2 Å². The number of ether oxygens (including phenoxy) is 2. The molecule has 1 aliphatic heterocycles. The molecule has 0 spiro atoms. The van der Waals surface area contributed by atoms with Crippen LogP contribution in [0.4, 0.5) is 5.69 Å². The van der Waals surface area contributed by atoms with Crippen molar-refractivity contribution in [1.82, 2.24) is 10.3 Å². The summed E-state index contributed by atoms with van der Waals surface area (Å²) >= 11 is 0. The summed E-state index contributed by atoms with van der Waals surface area (Å²) in [5.74, 6) is 1.38. The van der Waals surface area contributed by atoms with Crippen LogP contribution in [0.25, 0.3) is 0 Å². The van der Waals surface area contributed by atoms with Crippen molar-refractivity contribution in [3.63, 3.8) is 0 Å². The van der Waals surface area contributed by atoms with Gasteiger partial charge in [-0.25, -0.2) is 0 Å². The second kappa shape index (κ2) is 7.00. The van der Waals surface area contributed by atoms with Crippen LogP contribution in [-0.2, 0) is 6.54 Å². The Hall–Kier alpha value is -2.76. The van der Waals surface area contributed by atoms with E-state index in [0.717, 1.165) is 29.2 Å². The molecule has 0 unspecified atom stereocenters. The maximum absolute atomic E-state index is 11.9. The van der Waals surface area contributed by atoms with Gasteiger partial charge in [-0.1, -0.05) is 13.0 Å². The molecule has 1 aromatic carbocycles. The number of aromatic nitrogens is 1. The zero-order valence-electron chi connectivity index (χ0n) is 13.0. The molecule has 2 N–H and O–H groups in total. The zero-order chi connectivity index (χ0) is 16.1. The predicted octanol–water partition coefficient (Wildman–Crippen LogP) is 2.56. The molecule has 0 aliphatic carbocycles. The van der Waals surface area contributed by atoms with E-state index in [4.69, 9.17) is 9.47 Å². The van der Waals surface area contributed by atoms with Crippen molar-refractivity contribution in [3.05, 3.63) is 47.8 Å². The van der Waals surface area contributed by atoms with Crippen molar-refractivity contribution in [2.24, 2.45) is 0 Å². The largest absolute Gasteiger partial charge is 0.454 e. The molecule has 2 aromatic rings. The number of fused-ring (bicyclic) bond motifs is 1. The van der Waals surface area contributed by atoms with Crippen LogP contribution < -0.4 is 20.1 Å². The number of benzene rings is 1. The van der Waals surface area contributed by atoms with Crippen LogP contribution in [0.2, 0.25) is 0 Å². The van der Waals surface area contributed by atoms with Crippen LogP contribution in [0.5, 0.6) is 11.5 Å². The molecule has 1 aliphatic rings. The molecule has 1 aromatic heterocycles. The fourth-order valence-electron chi connectivity index (χ4n) is 2.25. The molecule has 6 nitrogen and oxygen atoms in total. The van der Waals surface area contributed by atoms with Gasteiger partial charge in [0.25, 0.3) is 5.91 Å². The van der Waals surface area contributed by atoms with Crippen LogP contribution >= 0.6 is 0 Å². The first-order valence-electron chi connectivity index (χ1n) is 7.63. The molecule has 6 heteroatoms. The predicted molar refractivity (Wildman–Crippen MR) is 86.8 cm³/mol. The standard InChI is InChI=1S/C17H19N3O3/c1-2-6-19-17(21)14-9-13(5-7-18-14)20-10-12-3-4-15-16(8-12)23-11-22-15/h3-5,7-9H,2,6,10-11H2,1H3,(H,18,20)(H,19,21). The first-order valence-corrected chi connectivity index (χ1v) is 7.63. The number of anilines is 1. The summed E-state index contributed by atoms with van der Waals surface area (Å²) in [7, 11) is 0. The fraction of sp³-hybridized carbons (Fsp3) is 0.294. The Morgan fingerprint density at radius 2 is 2.09 bits per heavy atom. The van der Waals surface area contributed by atoms with Crippen LogP contribution in [0.3, 0.4) is 0 Å². The van der Waals surface area contributed by atoms with Crippen molar-refractivity contribution >= 4 is 11.6 Å². The third-order valence-electron chi connectivity index (χ3n) is 3.46. The minimum atomic E-state index is -0.154. The Labute approximate surface area is 134 Å². The van der Waals surface area contributed by atoms with Gasteiger partial charge in [0.15, 0.2) is 11.5 Å². The monoisotopic (exact) mass is 313 g/mol. The molecule has 0 fully saturated rings. The minimum absolute atomic E-state index is 0.154. The number of amides is 1. The number of nitrogens with zero attached hydrogens (tertiary/aromatic N) is 1. The number of hydrogen-bond acceptors (Lipinski definition) is 5. The highest BCUT2D eigenvalue weighted by molar-refractivity contribution is 5.93. The average Bonchev–Trinajstić information content (AvgIpc) is 3.06. The van der Waals surface area contributed by atoms with E-state index in [0.29, 0.717) is 18.8 Å². The molecule has 0 radical (unpaired) electrons. The molecule has 0 saturated carbocycles. The first kappa shape index (κ1) is 15.1. The number of carbonyl (C=O) groups excluding carboxylic acids is 1. The number of pyridine rings is 1. The van der Waals surface area contributed by atoms with E-state index in [-0.39, 0.29) is 12.7 Å². The topological polar surface area (TPSA) is 72.5 Å². The SMILES string of the molecule is CCCNC(=O)c1cc(NCc2ccc3c(c2)OCO3)ccn1. The lowest BCUT2D eigenvalue weighted by atomic mass is 10.2. The number of carbonyl (C=O) groups is 1. The van der Waals surface area contributed by atoms with Crippen LogP contribution in [0.15, 0.2) is 36.5 Å². The summed E-state index contributed by atoms with van der Waals surface area (Å²) in [6.45, 7) is 3.55. The van der Waals surface area contributed by atoms with Gasteiger partial charge in [-0.2, -0.15) is 0 Å². The number of rotatable bonds is 6. The van der Waals surface area contributed by atoms with Crippen molar-refractivity contribution in [3.8, 4) is 11.5 Å². The maximum atomic E-state index is 11.9. The first-order chi connectivity index (χ1) is 11.3. The van der Waals surface area contributed by atoms with E-state index in [9.17, 15) is 4.79 Å². The maximum Gasteiger partial charge on any atom is 0.269 e. The molecular weight excluding hydrogens is 294 g/mol. The molecule has 23 heavy (non-hydrogen) atoms. The lowest BCUT2D eigenvalue weighted by molar-refractivity contribution is 0.0948. The summed E-state index contributed by atoms with van der Waals surface area (Å²) in [5, 5.41) is 6.11. The average molecular weight is 313 g/mol. The van der Waals surface area contributed by atoms with Gasteiger partial charge in [0.05, 0.1) is 0 Å². The quantitative estimate of drug-likeness (QED) is 0.857. The third-order valence-corrected chi connectivity index (χ3v) is 3.46. The summed E-state index contributed by atoms with van der Waals surface area (Å²) in [4.78, 5) is 16.0. The van der Waals surface area contributed by atoms with E-state index in [1.54, 1.807) is 12.3 Å². The van der Waals surface area contributed by atoms with Gasteiger partial charge in [0.1, 0.15) is 5.69 Å². The van der Waals surface area contributed by atoms with E-state index in [1.165, 1.54) is 0 Å². The van der Waals surface area contributed by atoms with Crippen molar-refractivity contribution < 1.29 is 14.3 Å². The molecule has 0 bridgehead atoms. The third kappa shape index (κ3) is 3.71. The smallest absolute Gasteiger partial charge is 0.269 e. The molecule has 0 atom stereocenters. The summed E-state index contributed by atoms with van der Waals surface area (Å²) in [6, 6.07) is 9.42. The van der Waals surface area contributed by atoms with Crippen molar-refractivity contribution in [2.75, 3.05) is 18.7 Å². The van der Waals surface area contributed by atoms with Crippen molar-refractivity contribution in [2.45, 2.75) is 19.9 Å². The van der Waals surface area contributed by atoms with Crippen molar-refractivity contribution in [1.29, 1.82) is 0 Å². The Kier molecular flexibility index (Phi) is 4.61. The number of nitrogens with one attached hydrogen (secondary N) is 2. The second-order valence-corrected chi connectivity index (χ2v) is 5.23. The van der Waals surface area contributed by atoms with E-state index < -0.39 is 0 Å². The summed E-state index contributed by atoms with van der Waals surface area (Å²) < 4.78 is 10.7. The highest BCUT2D eigenvalue weighted by atomic mass is 16.7. The van der Waals surface area contributed by atoms with Gasteiger partial charge < -0.3 is 20.1 Å². The molecular formula is C17H19N3O3. The second-order valence-electron chi connectivity index (χ2n) is 5.23. The fourth-order valence-corrected chi connectivity index (χ4v) is 2.25. The van der Waals surface area contributed by atoms with E-state index in [2.05, 4.69) is 15.6 Å². The van der Waals surface area contributed by atoms with Gasteiger partial charge in [-0.15, -0.1) is 0 Å². The van der Waals surface area contributed by atoms with Gasteiger partial charge in [-0.05, 0) is 36.2 Å². The molecule has 2 heterocycles. The number of hydrogen-bond donors (Lipinski definition) is 2. The Balaban J connectivity index is 1.63. The molecule has 3 rings (SSSR count). The summed E-state index contributed by atoms with van der Waals surface area (Å²) in [5.41, 5.74) is 2.33. The van der Waals surface area contributed by atoms with Crippen LogP contribution in [0.1, 0.15) is 29.4 Å². The summed E-state index contributed by atoms with van der Waals surface area (Å²) in [6.07, 6.45) is 2.52. The Morgan fingerprint density at radius 3 is 2.96 bits per heavy atom. The highest BCUT2D eigenvalue weighted by Crippen LogP contribution is 2.32. The van der Waals surface area contributed by atoms with Gasteiger partial charge in [-0.3, -0.25) is 9.78 Å². The molecule has 120 valence electrons. The highest BCUT2D eigenvalue weighted by Gasteiger charge is 2.13. The normalized spacial score (nSPS) is 12.0. The van der Waals surface area contributed by atoms with E-state index >= 15 is 0 Å². The van der Waals surface area contributed by atoms with Crippen LogP contribution in [0, 0.1) is 0 Å².